The zero-order valence-corrected chi connectivity index (χ0v) is 8.43. The van der Waals surface area contributed by atoms with Crippen molar-refractivity contribution in [1.29, 1.82) is 0 Å². The van der Waals surface area contributed by atoms with E-state index in [1.54, 1.807) is 18.3 Å². The van der Waals surface area contributed by atoms with Gasteiger partial charge in [-0.05, 0) is 18.6 Å². The van der Waals surface area contributed by atoms with Crippen LogP contribution in [0.4, 0.5) is 5.82 Å². The first kappa shape index (κ1) is 9.92. The van der Waals surface area contributed by atoms with E-state index in [2.05, 4.69) is 15.0 Å². The Hall–Kier alpha value is -1.62. The van der Waals surface area contributed by atoms with Crippen molar-refractivity contribution in [3.05, 3.63) is 23.9 Å². The molecule has 1 saturated carbocycles. The number of carbonyl (C=O) groups excluding carboxylic acids is 1. The van der Waals surface area contributed by atoms with Crippen LogP contribution < -0.4 is 11.1 Å². The molecule has 2 rings (SSSR count). The van der Waals surface area contributed by atoms with Gasteiger partial charge in [-0.2, -0.15) is 0 Å². The van der Waals surface area contributed by atoms with Crippen molar-refractivity contribution in [2.75, 3.05) is 12.4 Å². The Morgan fingerprint density at radius 3 is 3.07 bits per heavy atom. The quantitative estimate of drug-likeness (QED) is 0.701. The fourth-order valence-electron chi connectivity index (χ4n) is 1.35. The third-order valence-electron chi connectivity index (χ3n) is 2.37. The average Bonchev–Trinajstić information content (AvgIpc) is 2.94. The van der Waals surface area contributed by atoms with E-state index >= 15 is 0 Å². The summed E-state index contributed by atoms with van der Waals surface area (Å²) in [6.07, 6.45) is 2.54. The summed E-state index contributed by atoms with van der Waals surface area (Å²) in [4.78, 5) is 15.5. The maximum atomic E-state index is 11.4. The number of pyridine rings is 1. The first-order valence-corrected chi connectivity index (χ1v) is 4.78. The summed E-state index contributed by atoms with van der Waals surface area (Å²) in [5, 5.41) is 3.11. The van der Waals surface area contributed by atoms with Crippen LogP contribution in [-0.4, -0.2) is 30.1 Å². The smallest absolute Gasteiger partial charge is 0.341 e. The molecule has 0 bridgehead atoms. The van der Waals surface area contributed by atoms with Gasteiger partial charge in [0.25, 0.3) is 0 Å². The van der Waals surface area contributed by atoms with Gasteiger partial charge in [0.15, 0.2) is 0 Å². The lowest BCUT2D eigenvalue weighted by Crippen LogP contribution is -2.16. The Kier molecular flexibility index (Phi) is 2.55. The number of rotatable bonds is 3. The number of hydrogen-bond acceptors (Lipinski definition) is 5. The number of nitrogens with two attached hydrogens (primary N) is 1. The molecule has 80 valence electrons. The van der Waals surface area contributed by atoms with E-state index in [4.69, 9.17) is 5.73 Å². The minimum atomic E-state index is -0.389. The molecule has 0 saturated heterocycles. The van der Waals surface area contributed by atoms with Crippen molar-refractivity contribution in [2.24, 2.45) is 5.73 Å². The molecular weight excluding hydrogens is 194 g/mol. The summed E-state index contributed by atoms with van der Waals surface area (Å²) in [5.41, 5.74) is 6.11. The second-order valence-corrected chi connectivity index (χ2v) is 3.54. The summed E-state index contributed by atoms with van der Waals surface area (Å²) >= 11 is 0. The molecule has 5 nitrogen and oxygen atoms in total. The van der Waals surface area contributed by atoms with Gasteiger partial charge >= 0.3 is 5.97 Å². The highest BCUT2D eigenvalue weighted by Crippen LogP contribution is 2.24. The molecule has 3 N–H and O–H groups in total. The van der Waals surface area contributed by atoms with Gasteiger partial charge in [0, 0.05) is 18.3 Å². The standard InChI is InChI=1S/C10H13N3O2/c1-15-10(14)6-3-2-4-12-9(6)13-8-5-7(8)11/h2-4,7-8H,5,11H2,1H3,(H,12,13). The van der Waals surface area contributed by atoms with Crippen molar-refractivity contribution < 1.29 is 9.53 Å². The van der Waals surface area contributed by atoms with Crippen molar-refractivity contribution in [2.45, 2.75) is 18.5 Å². The molecule has 0 amide bonds. The Morgan fingerprint density at radius 1 is 1.73 bits per heavy atom. The summed E-state index contributed by atoms with van der Waals surface area (Å²) in [5.74, 6) is 0.155. The van der Waals surface area contributed by atoms with E-state index in [0.29, 0.717) is 11.4 Å². The summed E-state index contributed by atoms with van der Waals surface area (Å²) < 4.78 is 4.66. The Balaban J connectivity index is 2.18. The van der Waals surface area contributed by atoms with Crippen LogP contribution >= 0.6 is 0 Å². The lowest BCUT2D eigenvalue weighted by Gasteiger charge is -2.08. The number of anilines is 1. The fourth-order valence-corrected chi connectivity index (χ4v) is 1.35. The maximum Gasteiger partial charge on any atom is 0.341 e. The van der Waals surface area contributed by atoms with Gasteiger partial charge in [-0.25, -0.2) is 9.78 Å². The highest BCUT2D eigenvalue weighted by atomic mass is 16.5. The minimum absolute atomic E-state index is 0.164. The molecule has 1 fully saturated rings. The van der Waals surface area contributed by atoms with Crippen LogP contribution in [0.3, 0.4) is 0 Å². The summed E-state index contributed by atoms with van der Waals surface area (Å²) in [7, 11) is 1.35. The predicted octanol–water partition coefficient (Wildman–Crippen LogP) is 0.380. The van der Waals surface area contributed by atoms with Crippen LogP contribution in [0.15, 0.2) is 18.3 Å². The average molecular weight is 207 g/mol. The Bertz CT molecular complexity index is 381. The number of nitrogens with zero attached hydrogens (tertiary/aromatic N) is 1. The van der Waals surface area contributed by atoms with Crippen LogP contribution in [0, 0.1) is 0 Å². The van der Waals surface area contributed by atoms with E-state index in [0.717, 1.165) is 6.42 Å². The molecule has 2 atom stereocenters. The van der Waals surface area contributed by atoms with Gasteiger partial charge < -0.3 is 15.8 Å². The molecule has 15 heavy (non-hydrogen) atoms. The molecule has 0 spiro atoms. The number of carbonyl (C=O) groups is 1. The molecule has 1 aromatic heterocycles. The van der Waals surface area contributed by atoms with E-state index in [9.17, 15) is 4.79 Å². The normalized spacial score (nSPS) is 23.3. The molecule has 0 aromatic carbocycles. The zero-order chi connectivity index (χ0) is 10.8. The van der Waals surface area contributed by atoms with Gasteiger partial charge in [0.2, 0.25) is 0 Å². The number of esters is 1. The molecule has 2 unspecified atom stereocenters. The van der Waals surface area contributed by atoms with Crippen molar-refractivity contribution >= 4 is 11.8 Å². The molecule has 1 aliphatic rings. The van der Waals surface area contributed by atoms with Crippen molar-refractivity contribution in [3.8, 4) is 0 Å². The summed E-state index contributed by atoms with van der Waals surface area (Å²) in [6, 6.07) is 3.76. The van der Waals surface area contributed by atoms with Crippen molar-refractivity contribution in [3.63, 3.8) is 0 Å². The summed E-state index contributed by atoms with van der Waals surface area (Å²) in [6.45, 7) is 0. The predicted molar refractivity (Wildman–Crippen MR) is 55.6 cm³/mol. The largest absolute Gasteiger partial charge is 0.465 e. The van der Waals surface area contributed by atoms with Crippen LogP contribution in [-0.2, 0) is 4.74 Å². The first-order chi connectivity index (χ1) is 7.22. The molecule has 5 heteroatoms. The number of aromatic nitrogens is 1. The number of methoxy groups -OCH3 is 1. The van der Waals surface area contributed by atoms with Crippen LogP contribution in [0.5, 0.6) is 0 Å². The monoisotopic (exact) mass is 207 g/mol. The first-order valence-electron chi connectivity index (χ1n) is 4.78. The molecule has 0 aliphatic heterocycles. The lowest BCUT2D eigenvalue weighted by molar-refractivity contribution is 0.0601. The van der Waals surface area contributed by atoms with Crippen LogP contribution in [0.2, 0.25) is 0 Å². The number of ether oxygens (including phenoxy) is 1. The van der Waals surface area contributed by atoms with E-state index in [1.165, 1.54) is 7.11 Å². The Labute approximate surface area is 87.6 Å². The van der Waals surface area contributed by atoms with E-state index in [1.807, 2.05) is 0 Å². The van der Waals surface area contributed by atoms with Crippen molar-refractivity contribution in [1.82, 2.24) is 4.98 Å². The van der Waals surface area contributed by atoms with Crippen LogP contribution in [0.25, 0.3) is 0 Å². The Morgan fingerprint density at radius 2 is 2.47 bits per heavy atom. The third kappa shape index (κ3) is 2.07. The minimum Gasteiger partial charge on any atom is -0.465 e. The highest BCUT2D eigenvalue weighted by Gasteiger charge is 2.34. The lowest BCUT2D eigenvalue weighted by atomic mass is 10.2. The van der Waals surface area contributed by atoms with Gasteiger partial charge in [-0.1, -0.05) is 0 Å². The second-order valence-electron chi connectivity index (χ2n) is 3.54. The SMILES string of the molecule is COC(=O)c1cccnc1NC1CC1N. The molecular formula is C10H13N3O2. The zero-order valence-electron chi connectivity index (χ0n) is 8.43. The number of hydrogen-bond donors (Lipinski definition) is 2. The van der Waals surface area contributed by atoms with E-state index in [-0.39, 0.29) is 18.1 Å². The second kappa shape index (κ2) is 3.86. The van der Waals surface area contributed by atoms with E-state index < -0.39 is 0 Å². The van der Waals surface area contributed by atoms with Gasteiger partial charge in [-0.3, -0.25) is 0 Å². The maximum absolute atomic E-state index is 11.4. The van der Waals surface area contributed by atoms with Gasteiger partial charge in [-0.15, -0.1) is 0 Å². The topological polar surface area (TPSA) is 77.2 Å². The van der Waals surface area contributed by atoms with Gasteiger partial charge in [0.05, 0.1) is 7.11 Å². The number of nitrogens with one attached hydrogen (secondary N) is 1. The third-order valence-corrected chi connectivity index (χ3v) is 2.37. The highest BCUT2D eigenvalue weighted by molar-refractivity contribution is 5.94. The molecule has 1 heterocycles. The molecule has 0 radical (unpaired) electrons. The molecule has 1 aliphatic carbocycles. The van der Waals surface area contributed by atoms with Gasteiger partial charge in [0.1, 0.15) is 11.4 Å². The fraction of sp³-hybridized carbons (Fsp3) is 0.400. The molecule has 1 aromatic rings. The van der Waals surface area contributed by atoms with Crippen LogP contribution in [0.1, 0.15) is 16.8 Å².